The van der Waals surface area contributed by atoms with Gasteiger partial charge in [0.2, 0.25) is 5.16 Å². The number of nitrogens with zero attached hydrogens (tertiary/aromatic N) is 3. The summed E-state index contributed by atoms with van der Waals surface area (Å²) in [5.74, 6) is 0.465. The lowest BCUT2D eigenvalue weighted by Crippen LogP contribution is -2.24. The van der Waals surface area contributed by atoms with E-state index in [0.29, 0.717) is 16.5 Å². The molecule has 0 fully saturated rings. The van der Waals surface area contributed by atoms with Crippen LogP contribution in [-0.4, -0.2) is 27.0 Å². The number of aryl methyl sites for hydroxylation is 1. The lowest BCUT2D eigenvalue weighted by Gasteiger charge is -2.09. The monoisotopic (exact) mass is 298 g/mol. The number of carbonyl (C=O) groups is 1. The predicted octanol–water partition coefficient (Wildman–Crippen LogP) is 2.85. The van der Waals surface area contributed by atoms with Gasteiger partial charge in [0.15, 0.2) is 0 Å². The number of amides is 1. The van der Waals surface area contributed by atoms with Gasteiger partial charge in [-0.3, -0.25) is 10.2 Å². The average Bonchev–Trinajstić information content (AvgIpc) is 2.87. The van der Waals surface area contributed by atoms with Crippen LogP contribution in [0.4, 0.5) is 0 Å². The van der Waals surface area contributed by atoms with Crippen LogP contribution in [0.15, 0.2) is 47.6 Å². The fourth-order valence-corrected chi connectivity index (χ4v) is 2.58. The lowest BCUT2D eigenvalue weighted by atomic mass is 10.1. The predicted molar refractivity (Wildman–Crippen MR) is 84.2 cm³/mol. The molecule has 6 heteroatoms. The second-order valence-electron chi connectivity index (χ2n) is 4.57. The van der Waals surface area contributed by atoms with Gasteiger partial charge in [-0.2, -0.15) is 0 Å². The van der Waals surface area contributed by atoms with E-state index in [4.69, 9.17) is 0 Å². The number of fused-ring (bicyclic) bond motifs is 1. The molecule has 0 saturated heterocycles. The largest absolute Gasteiger partial charge is 0.270 e. The molecule has 1 aromatic heterocycles. The van der Waals surface area contributed by atoms with Gasteiger partial charge in [0, 0.05) is 5.56 Å². The van der Waals surface area contributed by atoms with Gasteiger partial charge in [0.05, 0.1) is 0 Å². The SMILES string of the molecule is CSc1nnc(C)n1NC(=O)c1ccc2ccccc2c1. The maximum atomic E-state index is 12.4. The number of aromatic nitrogens is 3. The minimum atomic E-state index is -0.182. The topological polar surface area (TPSA) is 59.8 Å². The van der Waals surface area contributed by atoms with E-state index in [1.54, 1.807) is 11.6 Å². The van der Waals surface area contributed by atoms with Crippen LogP contribution in [0.25, 0.3) is 10.8 Å². The van der Waals surface area contributed by atoms with Gasteiger partial charge >= 0.3 is 0 Å². The van der Waals surface area contributed by atoms with Crippen molar-refractivity contribution >= 4 is 28.4 Å². The van der Waals surface area contributed by atoms with Crippen LogP contribution in [0.5, 0.6) is 0 Å². The Morgan fingerprint density at radius 2 is 1.90 bits per heavy atom. The summed E-state index contributed by atoms with van der Waals surface area (Å²) in [7, 11) is 0. The summed E-state index contributed by atoms with van der Waals surface area (Å²) in [6.07, 6.45) is 1.89. The van der Waals surface area contributed by atoms with Gasteiger partial charge in [-0.05, 0) is 36.1 Å². The highest BCUT2D eigenvalue weighted by atomic mass is 32.2. The first-order valence-corrected chi connectivity index (χ1v) is 7.67. The second-order valence-corrected chi connectivity index (χ2v) is 5.35. The van der Waals surface area contributed by atoms with Crippen molar-refractivity contribution in [3.63, 3.8) is 0 Å². The lowest BCUT2D eigenvalue weighted by molar-refractivity contribution is 0.101. The maximum absolute atomic E-state index is 12.4. The van der Waals surface area contributed by atoms with Crippen molar-refractivity contribution in [2.75, 3.05) is 11.7 Å². The Labute approximate surface area is 126 Å². The van der Waals surface area contributed by atoms with Gasteiger partial charge in [-0.1, -0.05) is 42.1 Å². The van der Waals surface area contributed by atoms with Crippen LogP contribution in [0.2, 0.25) is 0 Å². The highest BCUT2D eigenvalue weighted by Crippen LogP contribution is 2.16. The van der Waals surface area contributed by atoms with Crippen LogP contribution in [0.1, 0.15) is 16.2 Å². The van der Waals surface area contributed by atoms with Crippen LogP contribution >= 0.6 is 11.8 Å². The maximum Gasteiger partial charge on any atom is 0.270 e. The summed E-state index contributed by atoms with van der Waals surface area (Å²) < 4.78 is 1.60. The van der Waals surface area contributed by atoms with Crippen molar-refractivity contribution in [3.05, 3.63) is 53.9 Å². The van der Waals surface area contributed by atoms with E-state index in [1.807, 2.05) is 48.7 Å². The number of carbonyl (C=O) groups excluding carboxylic acids is 1. The molecule has 0 spiro atoms. The Hall–Kier alpha value is -2.34. The highest BCUT2D eigenvalue weighted by Gasteiger charge is 2.12. The smallest absolute Gasteiger partial charge is 0.267 e. The van der Waals surface area contributed by atoms with Gasteiger partial charge in [0.25, 0.3) is 5.91 Å². The van der Waals surface area contributed by atoms with Crippen LogP contribution < -0.4 is 5.43 Å². The third kappa shape index (κ3) is 2.62. The molecule has 0 saturated carbocycles. The molecule has 0 aliphatic carbocycles. The summed E-state index contributed by atoms with van der Waals surface area (Å²) in [5, 5.41) is 10.8. The highest BCUT2D eigenvalue weighted by molar-refractivity contribution is 7.98. The number of nitrogens with one attached hydrogen (secondary N) is 1. The zero-order valence-electron chi connectivity index (χ0n) is 11.7. The molecule has 0 radical (unpaired) electrons. The second kappa shape index (κ2) is 5.57. The van der Waals surface area contributed by atoms with Crippen molar-refractivity contribution in [1.29, 1.82) is 0 Å². The van der Waals surface area contributed by atoms with E-state index >= 15 is 0 Å². The summed E-state index contributed by atoms with van der Waals surface area (Å²) in [5.41, 5.74) is 3.43. The molecule has 0 aliphatic rings. The van der Waals surface area contributed by atoms with Crippen molar-refractivity contribution in [2.24, 2.45) is 0 Å². The molecule has 5 nitrogen and oxygen atoms in total. The van der Waals surface area contributed by atoms with Crippen molar-refractivity contribution in [1.82, 2.24) is 14.9 Å². The first-order valence-electron chi connectivity index (χ1n) is 6.45. The molecule has 1 N–H and O–H groups in total. The number of thioether (sulfide) groups is 1. The van der Waals surface area contributed by atoms with Crippen molar-refractivity contribution in [3.8, 4) is 0 Å². The van der Waals surface area contributed by atoms with Gasteiger partial charge in [0.1, 0.15) is 5.82 Å². The normalized spacial score (nSPS) is 10.8. The molecule has 21 heavy (non-hydrogen) atoms. The summed E-state index contributed by atoms with van der Waals surface area (Å²) >= 11 is 1.43. The Kier molecular flexibility index (Phi) is 3.62. The summed E-state index contributed by atoms with van der Waals surface area (Å²) in [6.45, 7) is 1.80. The van der Waals surface area contributed by atoms with Crippen LogP contribution in [0, 0.1) is 6.92 Å². The summed E-state index contributed by atoms with van der Waals surface area (Å²) in [6, 6.07) is 13.6. The summed E-state index contributed by atoms with van der Waals surface area (Å²) in [4.78, 5) is 12.4. The standard InChI is InChI=1S/C15H14N4OS/c1-10-16-17-15(21-2)19(10)18-14(20)13-8-7-11-5-3-4-6-12(11)9-13/h3-9H,1-2H3,(H,18,20). The van der Waals surface area contributed by atoms with Crippen LogP contribution in [-0.2, 0) is 0 Å². The zero-order chi connectivity index (χ0) is 14.8. The van der Waals surface area contributed by atoms with Crippen molar-refractivity contribution in [2.45, 2.75) is 12.1 Å². The van der Waals surface area contributed by atoms with Gasteiger partial charge in [-0.15, -0.1) is 10.2 Å². The van der Waals surface area contributed by atoms with E-state index < -0.39 is 0 Å². The van der Waals surface area contributed by atoms with Crippen LogP contribution in [0.3, 0.4) is 0 Å². The van der Waals surface area contributed by atoms with E-state index in [-0.39, 0.29) is 5.91 Å². The van der Waals surface area contributed by atoms with E-state index in [1.165, 1.54) is 11.8 Å². The molecule has 2 aromatic carbocycles. The molecule has 106 valence electrons. The first-order chi connectivity index (χ1) is 10.2. The van der Waals surface area contributed by atoms with E-state index in [0.717, 1.165) is 10.8 Å². The molecule has 3 aromatic rings. The Morgan fingerprint density at radius 3 is 2.67 bits per heavy atom. The fraction of sp³-hybridized carbons (Fsp3) is 0.133. The fourth-order valence-electron chi connectivity index (χ4n) is 2.10. The molecule has 1 heterocycles. The molecule has 0 unspecified atom stereocenters. The molecular formula is C15H14N4OS. The zero-order valence-corrected chi connectivity index (χ0v) is 12.5. The molecule has 1 amide bonds. The molecule has 0 aliphatic heterocycles. The molecule has 0 atom stereocenters. The average molecular weight is 298 g/mol. The minimum Gasteiger partial charge on any atom is -0.267 e. The number of rotatable bonds is 3. The first kappa shape index (κ1) is 13.6. The third-order valence-corrected chi connectivity index (χ3v) is 3.83. The molecule has 3 rings (SSSR count). The molecular weight excluding hydrogens is 284 g/mol. The Morgan fingerprint density at radius 1 is 1.14 bits per heavy atom. The van der Waals surface area contributed by atoms with Gasteiger partial charge in [-0.25, -0.2) is 4.68 Å². The quantitative estimate of drug-likeness (QED) is 0.755. The van der Waals surface area contributed by atoms with Gasteiger partial charge < -0.3 is 0 Å². The number of hydrogen-bond donors (Lipinski definition) is 1. The number of hydrogen-bond acceptors (Lipinski definition) is 4. The van der Waals surface area contributed by atoms with Crippen molar-refractivity contribution < 1.29 is 4.79 Å². The molecule has 0 bridgehead atoms. The minimum absolute atomic E-state index is 0.182. The number of benzene rings is 2. The van der Waals surface area contributed by atoms with E-state index in [2.05, 4.69) is 15.6 Å². The third-order valence-electron chi connectivity index (χ3n) is 3.20. The Bertz CT molecular complexity index is 812. The van der Waals surface area contributed by atoms with E-state index in [9.17, 15) is 4.79 Å². The Balaban J connectivity index is 1.91.